The molecule has 1 aliphatic rings. The molecule has 0 spiro atoms. The van der Waals surface area contributed by atoms with Crippen LogP contribution in [0.2, 0.25) is 0 Å². The van der Waals surface area contributed by atoms with E-state index in [2.05, 4.69) is 59.2 Å². The Morgan fingerprint density at radius 2 is 1.97 bits per heavy atom. The molecule has 2 aromatic rings. The smallest absolute Gasteiger partial charge is 0.341 e. The maximum Gasteiger partial charge on any atom is 0.341 e. The Labute approximate surface area is 202 Å². The summed E-state index contributed by atoms with van der Waals surface area (Å²) in [5.41, 5.74) is 3.42. The van der Waals surface area contributed by atoms with E-state index in [-0.39, 0.29) is 18.4 Å². The van der Waals surface area contributed by atoms with Gasteiger partial charge in [0.1, 0.15) is 11.5 Å². The molecule has 1 N–H and O–H groups in total. The first-order chi connectivity index (χ1) is 16.4. The summed E-state index contributed by atoms with van der Waals surface area (Å²) >= 11 is 0. The first kappa shape index (κ1) is 25.1. The Kier molecular flexibility index (Phi) is 9.37. The molecule has 178 valence electrons. The van der Waals surface area contributed by atoms with Gasteiger partial charge in [-0.3, -0.25) is 4.90 Å². The lowest BCUT2D eigenvalue weighted by Gasteiger charge is -2.22. The molecule has 0 amide bonds. The predicted octanol–water partition coefficient (Wildman–Crippen LogP) is 5.08. The van der Waals surface area contributed by atoms with Gasteiger partial charge in [0.15, 0.2) is 6.61 Å². The maximum atomic E-state index is 10.7. The minimum atomic E-state index is -0.996. The van der Waals surface area contributed by atoms with E-state index in [4.69, 9.17) is 14.6 Å². The number of carboxylic acid groups (broad SMARTS) is 1. The second-order valence-electron chi connectivity index (χ2n) is 8.67. The minimum Gasteiger partial charge on any atom is -0.494 e. The zero-order valence-electron chi connectivity index (χ0n) is 20.2. The highest BCUT2D eigenvalue weighted by Gasteiger charge is 2.18. The molecule has 0 aliphatic heterocycles. The Morgan fingerprint density at radius 3 is 2.62 bits per heavy atom. The summed E-state index contributed by atoms with van der Waals surface area (Å²) in [5, 5.41) is 8.79. The number of rotatable bonds is 10. The molecule has 0 aromatic heterocycles. The van der Waals surface area contributed by atoms with Crippen LogP contribution in [0.25, 0.3) is 0 Å². The summed E-state index contributed by atoms with van der Waals surface area (Å²) in [6, 6.07) is 16.0. The Morgan fingerprint density at radius 1 is 1.18 bits per heavy atom. The van der Waals surface area contributed by atoms with Crippen molar-refractivity contribution >= 4 is 5.97 Å². The third-order valence-corrected chi connectivity index (χ3v) is 5.59. The number of aliphatic carboxylic acids is 1. The van der Waals surface area contributed by atoms with Gasteiger partial charge in [-0.15, -0.1) is 0 Å². The van der Waals surface area contributed by atoms with Crippen LogP contribution < -0.4 is 9.47 Å². The average Bonchev–Trinajstić information content (AvgIpc) is 2.82. The van der Waals surface area contributed by atoms with Crippen molar-refractivity contribution in [2.45, 2.75) is 25.7 Å². The van der Waals surface area contributed by atoms with Crippen LogP contribution in [0.1, 0.15) is 29.9 Å². The van der Waals surface area contributed by atoms with Crippen molar-refractivity contribution in [1.29, 1.82) is 0 Å². The molecule has 0 saturated carbocycles. The molecule has 5 heteroatoms. The lowest BCUT2D eigenvalue weighted by atomic mass is 9.84. The number of nitrogens with zero attached hydrogens (tertiary/aromatic N) is 1. The van der Waals surface area contributed by atoms with Crippen molar-refractivity contribution in [3.63, 3.8) is 0 Å². The van der Waals surface area contributed by atoms with Crippen LogP contribution in [0.3, 0.4) is 0 Å². The second kappa shape index (κ2) is 12.7. The van der Waals surface area contributed by atoms with Crippen LogP contribution in [0.5, 0.6) is 11.5 Å². The van der Waals surface area contributed by atoms with Gasteiger partial charge in [0.25, 0.3) is 0 Å². The van der Waals surface area contributed by atoms with Gasteiger partial charge in [-0.05, 0) is 68.8 Å². The van der Waals surface area contributed by atoms with Gasteiger partial charge in [0.2, 0.25) is 0 Å². The summed E-state index contributed by atoms with van der Waals surface area (Å²) in [4.78, 5) is 12.8. The maximum absolute atomic E-state index is 10.7. The highest BCUT2D eigenvalue weighted by molar-refractivity contribution is 5.68. The topological polar surface area (TPSA) is 59.0 Å². The van der Waals surface area contributed by atoms with E-state index in [9.17, 15) is 4.79 Å². The predicted molar refractivity (Wildman–Crippen MR) is 135 cm³/mol. The Bertz CT molecular complexity index is 1080. The van der Waals surface area contributed by atoms with E-state index in [0.717, 1.165) is 30.7 Å². The largest absolute Gasteiger partial charge is 0.494 e. The normalized spacial score (nSPS) is 15.8. The fraction of sp³-hybridized carbons (Fsp3) is 0.345. The molecule has 0 heterocycles. The third kappa shape index (κ3) is 7.83. The highest BCUT2D eigenvalue weighted by Crippen LogP contribution is 2.33. The summed E-state index contributed by atoms with van der Waals surface area (Å²) in [6.45, 7) is 2.86. The number of hydrogen-bond acceptors (Lipinski definition) is 4. The van der Waals surface area contributed by atoms with Crippen molar-refractivity contribution in [3.05, 3.63) is 83.5 Å². The van der Waals surface area contributed by atoms with Crippen molar-refractivity contribution in [3.8, 4) is 23.3 Å². The molecule has 0 saturated heterocycles. The molecule has 0 unspecified atom stereocenters. The lowest BCUT2D eigenvalue weighted by Crippen LogP contribution is -2.12. The van der Waals surface area contributed by atoms with Gasteiger partial charge in [0.05, 0.1) is 13.2 Å². The van der Waals surface area contributed by atoms with E-state index < -0.39 is 5.97 Å². The molecular formula is C29H33NO4. The second-order valence-corrected chi connectivity index (χ2v) is 8.67. The molecule has 2 aromatic carbocycles. The summed E-state index contributed by atoms with van der Waals surface area (Å²) in [5.74, 6) is 7.41. The van der Waals surface area contributed by atoms with Crippen molar-refractivity contribution < 1.29 is 19.4 Å². The summed E-state index contributed by atoms with van der Waals surface area (Å²) in [7, 11) is 4.05. The molecule has 0 fully saturated rings. The van der Waals surface area contributed by atoms with Gasteiger partial charge < -0.3 is 14.6 Å². The van der Waals surface area contributed by atoms with Crippen LogP contribution in [0.4, 0.5) is 0 Å². The standard InChI is InChI=1S/C29H33NO4/c1-22-20-26(15-16-28(22)34-21-29(31)32)33-19-17-27(24-9-5-4-6-10-24)25-13-11-23(12-14-25)8-7-18-30(2)3/h4-6,9-11,13-16,20,23,27H,12,17-19,21H2,1-3H3,(H,31,32)/t23-,27+/m1/s1. The molecule has 3 rings (SSSR count). The number of hydrogen-bond donors (Lipinski definition) is 1. The van der Waals surface area contributed by atoms with Gasteiger partial charge in [0, 0.05) is 11.8 Å². The zero-order chi connectivity index (χ0) is 24.3. The average molecular weight is 460 g/mol. The van der Waals surface area contributed by atoms with E-state index >= 15 is 0 Å². The monoisotopic (exact) mass is 459 g/mol. The van der Waals surface area contributed by atoms with Crippen molar-refractivity contribution in [2.75, 3.05) is 33.9 Å². The molecule has 34 heavy (non-hydrogen) atoms. The number of ether oxygens (including phenoxy) is 2. The quantitative estimate of drug-likeness (QED) is 0.502. The zero-order valence-corrected chi connectivity index (χ0v) is 20.2. The van der Waals surface area contributed by atoms with E-state index in [1.807, 2.05) is 39.2 Å². The fourth-order valence-electron chi connectivity index (χ4n) is 3.86. The lowest BCUT2D eigenvalue weighted by molar-refractivity contribution is -0.139. The summed E-state index contributed by atoms with van der Waals surface area (Å²) < 4.78 is 11.4. The molecular weight excluding hydrogens is 426 g/mol. The van der Waals surface area contributed by atoms with Crippen LogP contribution >= 0.6 is 0 Å². The molecule has 1 aliphatic carbocycles. The summed E-state index contributed by atoms with van der Waals surface area (Å²) in [6.07, 6.45) is 8.51. The van der Waals surface area contributed by atoms with Crippen LogP contribution in [0, 0.1) is 24.7 Å². The van der Waals surface area contributed by atoms with Crippen LogP contribution in [-0.2, 0) is 4.79 Å². The number of benzene rings is 2. The SMILES string of the molecule is Cc1cc(OCC[C@H](C2=CC[C@H](C#CCN(C)C)C=C2)c2ccccc2)ccc1OCC(=O)O. The van der Waals surface area contributed by atoms with Crippen LogP contribution in [-0.4, -0.2) is 49.8 Å². The Balaban J connectivity index is 1.63. The number of carboxylic acids is 1. The van der Waals surface area contributed by atoms with Gasteiger partial charge in [-0.1, -0.05) is 60.4 Å². The molecule has 2 atom stereocenters. The fourth-order valence-corrected chi connectivity index (χ4v) is 3.86. The minimum absolute atomic E-state index is 0.243. The molecule has 5 nitrogen and oxygen atoms in total. The van der Waals surface area contributed by atoms with Gasteiger partial charge in [-0.25, -0.2) is 4.79 Å². The highest BCUT2D eigenvalue weighted by atomic mass is 16.5. The van der Waals surface area contributed by atoms with E-state index in [1.54, 1.807) is 6.07 Å². The third-order valence-electron chi connectivity index (χ3n) is 5.59. The van der Waals surface area contributed by atoms with Gasteiger partial charge >= 0.3 is 5.97 Å². The van der Waals surface area contributed by atoms with Crippen molar-refractivity contribution in [2.24, 2.45) is 5.92 Å². The molecule has 0 radical (unpaired) electrons. The van der Waals surface area contributed by atoms with Crippen molar-refractivity contribution in [1.82, 2.24) is 4.90 Å². The first-order valence-corrected chi connectivity index (χ1v) is 11.6. The number of carbonyl (C=O) groups is 1. The van der Waals surface area contributed by atoms with E-state index in [0.29, 0.717) is 12.4 Å². The number of allylic oxidation sites excluding steroid dienone is 4. The molecule has 0 bridgehead atoms. The Hall–Kier alpha value is -3.49. The van der Waals surface area contributed by atoms with E-state index in [1.165, 1.54) is 11.1 Å². The van der Waals surface area contributed by atoms with Crippen LogP contribution in [0.15, 0.2) is 72.3 Å². The first-order valence-electron chi connectivity index (χ1n) is 11.6. The van der Waals surface area contributed by atoms with Gasteiger partial charge in [-0.2, -0.15) is 0 Å². The number of aryl methyl sites for hydroxylation is 1.